The Labute approximate surface area is 124 Å². The molecular formula is C17H20O4. The van der Waals surface area contributed by atoms with Crippen molar-refractivity contribution in [1.82, 2.24) is 0 Å². The molecule has 0 atom stereocenters. The lowest BCUT2D eigenvalue weighted by Crippen LogP contribution is -2.09. The largest absolute Gasteiger partial charge is 0.478 e. The van der Waals surface area contributed by atoms with Crippen molar-refractivity contribution in [2.24, 2.45) is 0 Å². The molecule has 0 fully saturated rings. The number of carbonyl (C=O) groups excluding carboxylic acids is 1. The van der Waals surface area contributed by atoms with Gasteiger partial charge in [-0.3, -0.25) is 0 Å². The zero-order chi connectivity index (χ0) is 15.7. The Morgan fingerprint density at radius 2 is 1.90 bits per heavy atom. The number of hydrogen-bond acceptors (Lipinski definition) is 3. The molecule has 4 nitrogen and oxygen atoms in total. The molecule has 0 unspecified atom stereocenters. The molecule has 0 aliphatic heterocycles. The van der Waals surface area contributed by atoms with Crippen molar-refractivity contribution >= 4 is 18.0 Å². The summed E-state index contributed by atoms with van der Waals surface area (Å²) >= 11 is 0. The van der Waals surface area contributed by atoms with Crippen molar-refractivity contribution in [1.29, 1.82) is 0 Å². The van der Waals surface area contributed by atoms with Gasteiger partial charge >= 0.3 is 11.9 Å². The monoisotopic (exact) mass is 288 g/mol. The van der Waals surface area contributed by atoms with Crippen LogP contribution in [0.3, 0.4) is 0 Å². The van der Waals surface area contributed by atoms with E-state index in [1.165, 1.54) is 13.0 Å². The smallest absolute Gasteiger partial charge is 0.334 e. The van der Waals surface area contributed by atoms with Crippen molar-refractivity contribution in [2.75, 3.05) is 6.61 Å². The van der Waals surface area contributed by atoms with Gasteiger partial charge in [-0.2, -0.15) is 0 Å². The highest BCUT2D eigenvalue weighted by Gasteiger charge is 2.11. The van der Waals surface area contributed by atoms with Gasteiger partial charge in [0.15, 0.2) is 0 Å². The lowest BCUT2D eigenvalue weighted by atomic mass is 10.1. The van der Waals surface area contributed by atoms with E-state index in [2.05, 4.69) is 0 Å². The molecule has 0 radical (unpaired) electrons. The Kier molecular flexibility index (Phi) is 6.95. The second-order valence-corrected chi connectivity index (χ2v) is 4.61. The molecule has 0 aliphatic carbocycles. The van der Waals surface area contributed by atoms with Crippen LogP contribution in [0.4, 0.5) is 0 Å². The highest BCUT2D eigenvalue weighted by molar-refractivity contribution is 5.94. The average molecular weight is 288 g/mol. The first-order chi connectivity index (χ1) is 10.0. The fraction of sp³-hybridized carbons (Fsp3) is 0.294. The Morgan fingerprint density at radius 3 is 2.48 bits per heavy atom. The van der Waals surface area contributed by atoms with Crippen LogP contribution in [0.15, 0.2) is 47.6 Å². The van der Waals surface area contributed by atoms with Gasteiger partial charge in [0.1, 0.15) is 0 Å². The van der Waals surface area contributed by atoms with E-state index < -0.39 is 11.9 Å². The van der Waals surface area contributed by atoms with Gasteiger partial charge in [0.25, 0.3) is 0 Å². The predicted molar refractivity (Wildman–Crippen MR) is 81.7 cm³/mol. The third-order valence-electron chi connectivity index (χ3n) is 2.81. The van der Waals surface area contributed by atoms with Crippen molar-refractivity contribution in [3.05, 3.63) is 53.1 Å². The maximum Gasteiger partial charge on any atom is 0.334 e. The van der Waals surface area contributed by atoms with Crippen LogP contribution >= 0.6 is 0 Å². The first-order valence-electron chi connectivity index (χ1n) is 6.87. The van der Waals surface area contributed by atoms with Crippen LogP contribution in [0.1, 0.15) is 32.3 Å². The molecule has 112 valence electrons. The molecule has 0 heterocycles. The first-order valence-corrected chi connectivity index (χ1v) is 6.87. The molecule has 0 aliphatic rings. The van der Waals surface area contributed by atoms with E-state index in [0.29, 0.717) is 12.2 Å². The van der Waals surface area contributed by atoms with Crippen LogP contribution in [0.5, 0.6) is 0 Å². The minimum absolute atomic E-state index is 0.206. The zero-order valence-electron chi connectivity index (χ0n) is 12.3. The lowest BCUT2D eigenvalue weighted by molar-refractivity contribution is -0.139. The maximum atomic E-state index is 12.0. The van der Waals surface area contributed by atoms with Crippen molar-refractivity contribution in [3.8, 4) is 0 Å². The Morgan fingerprint density at radius 1 is 1.24 bits per heavy atom. The molecule has 0 bridgehead atoms. The second-order valence-electron chi connectivity index (χ2n) is 4.61. The Hall–Kier alpha value is -2.36. The summed E-state index contributed by atoms with van der Waals surface area (Å²) in [6.45, 7) is 3.77. The lowest BCUT2D eigenvalue weighted by Gasteiger charge is -2.06. The topological polar surface area (TPSA) is 63.6 Å². The molecule has 1 rings (SSSR count). The summed E-state index contributed by atoms with van der Waals surface area (Å²) < 4.78 is 5.13. The van der Waals surface area contributed by atoms with Gasteiger partial charge < -0.3 is 9.84 Å². The SMILES string of the molecule is CCCOC(=O)C(=Cc1ccccc1)CC=C(C)C(=O)O. The molecule has 0 spiro atoms. The van der Waals surface area contributed by atoms with E-state index >= 15 is 0 Å². The number of esters is 1. The minimum atomic E-state index is -0.990. The zero-order valence-corrected chi connectivity index (χ0v) is 12.3. The van der Waals surface area contributed by atoms with Crippen molar-refractivity contribution < 1.29 is 19.4 Å². The molecule has 1 N–H and O–H groups in total. The molecular weight excluding hydrogens is 268 g/mol. The van der Waals surface area contributed by atoms with Crippen LogP contribution in [-0.4, -0.2) is 23.7 Å². The summed E-state index contributed by atoms with van der Waals surface area (Å²) in [5.74, 6) is -1.40. The summed E-state index contributed by atoms with van der Waals surface area (Å²) in [6, 6.07) is 9.39. The summed E-state index contributed by atoms with van der Waals surface area (Å²) in [6.07, 6.45) is 4.22. The van der Waals surface area contributed by atoms with Gasteiger partial charge in [-0.15, -0.1) is 0 Å². The maximum absolute atomic E-state index is 12.0. The van der Waals surface area contributed by atoms with Gasteiger partial charge in [-0.25, -0.2) is 9.59 Å². The molecule has 21 heavy (non-hydrogen) atoms. The Balaban J connectivity index is 2.95. The summed E-state index contributed by atoms with van der Waals surface area (Å²) in [7, 11) is 0. The predicted octanol–water partition coefficient (Wildman–Crippen LogP) is 3.44. The van der Waals surface area contributed by atoms with Gasteiger partial charge in [0.2, 0.25) is 0 Å². The number of benzene rings is 1. The molecule has 4 heteroatoms. The molecule has 0 saturated heterocycles. The number of hydrogen-bond donors (Lipinski definition) is 1. The van der Waals surface area contributed by atoms with Crippen molar-refractivity contribution in [2.45, 2.75) is 26.7 Å². The normalized spacial score (nSPS) is 12.1. The number of carboxylic acids is 1. The van der Waals surface area contributed by atoms with Crippen molar-refractivity contribution in [3.63, 3.8) is 0 Å². The standard InChI is InChI=1S/C17H20O4/c1-3-11-21-17(20)15(10-9-13(2)16(18)19)12-14-7-5-4-6-8-14/h4-9,12H,3,10-11H2,1-2H3,(H,18,19). The van der Waals surface area contributed by atoms with Gasteiger partial charge in [0.05, 0.1) is 6.61 Å². The number of ether oxygens (including phenoxy) is 1. The average Bonchev–Trinajstić information content (AvgIpc) is 2.49. The second kappa shape index (κ2) is 8.74. The highest BCUT2D eigenvalue weighted by atomic mass is 16.5. The van der Waals surface area contributed by atoms with E-state index in [-0.39, 0.29) is 12.0 Å². The third-order valence-corrected chi connectivity index (χ3v) is 2.81. The summed E-state index contributed by atoms with van der Waals surface area (Å²) in [5, 5.41) is 8.86. The van der Waals surface area contributed by atoms with E-state index in [0.717, 1.165) is 12.0 Å². The molecule has 1 aromatic carbocycles. The van der Waals surface area contributed by atoms with E-state index in [1.54, 1.807) is 6.08 Å². The molecule has 0 aromatic heterocycles. The van der Waals surface area contributed by atoms with E-state index in [4.69, 9.17) is 9.84 Å². The fourth-order valence-electron chi connectivity index (χ4n) is 1.59. The first kappa shape index (κ1) is 16.7. The molecule has 0 amide bonds. The van der Waals surface area contributed by atoms with Crippen LogP contribution in [0.25, 0.3) is 6.08 Å². The summed E-state index contributed by atoms with van der Waals surface area (Å²) in [4.78, 5) is 22.8. The number of carbonyl (C=O) groups is 2. The minimum Gasteiger partial charge on any atom is -0.478 e. The fourth-order valence-corrected chi connectivity index (χ4v) is 1.59. The quantitative estimate of drug-likeness (QED) is 0.616. The van der Waals surface area contributed by atoms with Crippen LogP contribution in [-0.2, 0) is 14.3 Å². The van der Waals surface area contributed by atoms with Gasteiger partial charge in [-0.05, 0) is 31.4 Å². The highest BCUT2D eigenvalue weighted by Crippen LogP contribution is 2.14. The molecule has 0 saturated carbocycles. The van der Waals surface area contributed by atoms with Crippen LogP contribution in [0.2, 0.25) is 0 Å². The Bertz CT molecular complexity index is 541. The van der Waals surface area contributed by atoms with E-state index in [9.17, 15) is 9.59 Å². The number of aliphatic carboxylic acids is 1. The number of carboxylic acid groups (broad SMARTS) is 1. The number of rotatable bonds is 7. The van der Waals surface area contributed by atoms with Gasteiger partial charge in [0, 0.05) is 11.1 Å². The number of allylic oxidation sites excluding steroid dienone is 1. The summed E-state index contributed by atoms with van der Waals surface area (Å²) in [5.41, 5.74) is 1.52. The van der Waals surface area contributed by atoms with E-state index in [1.807, 2.05) is 37.3 Å². The van der Waals surface area contributed by atoms with Crippen LogP contribution < -0.4 is 0 Å². The van der Waals surface area contributed by atoms with Crippen LogP contribution in [0, 0.1) is 0 Å². The molecule has 1 aromatic rings. The third kappa shape index (κ3) is 6.08. The van der Waals surface area contributed by atoms with Gasteiger partial charge in [-0.1, -0.05) is 43.3 Å².